The molecule has 0 bridgehead atoms. The summed E-state index contributed by atoms with van der Waals surface area (Å²) in [7, 11) is 0. The lowest BCUT2D eigenvalue weighted by atomic mass is 10.2. The van der Waals surface area contributed by atoms with E-state index in [9.17, 15) is 9.59 Å². The number of aromatic amines is 1. The highest BCUT2D eigenvalue weighted by Crippen LogP contribution is 1.92. The Hall–Kier alpha value is -2.04. The number of aryl methyl sites for hydroxylation is 1. The van der Waals surface area contributed by atoms with Crippen molar-refractivity contribution in [2.24, 2.45) is 0 Å². The molecule has 1 rings (SSSR count). The van der Waals surface area contributed by atoms with Crippen molar-refractivity contribution in [1.29, 1.82) is 0 Å². The van der Waals surface area contributed by atoms with Gasteiger partial charge in [-0.2, -0.15) is 0 Å². The Morgan fingerprint density at radius 2 is 2.41 bits per heavy atom. The van der Waals surface area contributed by atoms with Gasteiger partial charge in [0.1, 0.15) is 5.56 Å². The molecular formula is C12H16N2O3. The summed E-state index contributed by atoms with van der Waals surface area (Å²) in [5.41, 5.74) is 0.576. The smallest absolute Gasteiger partial charge is 0.256 e. The topological polar surface area (TPSA) is 71.2 Å². The van der Waals surface area contributed by atoms with Crippen LogP contribution < -0.4 is 10.7 Å². The van der Waals surface area contributed by atoms with Crippen LogP contribution in [0, 0.1) is 6.92 Å². The lowest BCUT2D eigenvalue weighted by Gasteiger charge is -2.04. The van der Waals surface area contributed by atoms with Gasteiger partial charge in [-0.3, -0.25) is 9.59 Å². The molecule has 17 heavy (non-hydrogen) atoms. The predicted octanol–water partition coefficient (Wildman–Crippen LogP) is 0.963. The molecule has 2 N–H and O–H groups in total. The van der Waals surface area contributed by atoms with Crippen molar-refractivity contribution in [3.05, 3.63) is 46.6 Å². The van der Waals surface area contributed by atoms with Crippen molar-refractivity contribution in [1.82, 2.24) is 10.3 Å². The number of amides is 1. The molecule has 0 aliphatic carbocycles. The summed E-state index contributed by atoms with van der Waals surface area (Å²) in [6.45, 7) is 6.12. The van der Waals surface area contributed by atoms with Crippen molar-refractivity contribution in [3.63, 3.8) is 0 Å². The maximum Gasteiger partial charge on any atom is 0.256 e. The molecule has 0 fully saturated rings. The van der Waals surface area contributed by atoms with Gasteiger partial charge in [0.2, 0.25) is 0 Å². The maximum atomic E-state index is 11.6. The molecular weight excluding hydrogens is 220 g/mol. The number of hydrogen-bond donors (Lipinski definition) is 2. The number of nitrogens with one attached hydrogen (secondary N) is 2. The van der Waals surface area contributed by atoms with Crippen molar-refractivity contribution in [2.45, 2.75) is 13.3 Å². The Bertz CT molecular complexity index is 451. The van der Waals surface area contributed by atoms with E-state index in [1.165, 1.54) is 18.5 Å². The molecule has 0 spiro atoms. The number of hydrogen-bond acceptors (Lipinski definition) is 3. The fraction of sp³-hybridized carbons (Fsp3) is 0.333. The molecule has 1 aromatic heterocycles. The van der Waals surface area contributed by atoms with Crippen LogP contribution in [0.1, 0.15) is 22.5 Å². The quantitative estimate of drug-likeness (QED) is 0.571. The van der Waals surface area contributed by atoms with E-state index in [0.717, 1.165) is 5.69 Å². The zero-order valence-electron chi connectivity index (χ0n) is 9.79. The number of pyridine rings is 1. The number of H-pyrrole nitrogens is 1. The molecule has 0 unspecified atom stereocenters. The third-order valence-corrected chi connectivity index (χ3v) is 2.14. The summed E-state index contributed by atoms with van der Waals surface area (Å²) in [6, 6.07) is 1.40. The van der Waals surface area contributed by atoms with Crippen molar-refractivity contribution < 1.29 is 9.53 Å². The standard InChI is InChI=1S/C12H16N2O3/c1-3-17-6-4-5-13-12(16)10-8-14-9(2)7-11(10)15/h3,7-8H,1,4-6H2,2H3,(H,13,16)(H,14,15). The summed E-state index contributed by atoms with van der Waals surface area (Å²) >= 11 is 0. The van der Waals surface area contributed by atoms with Gasteiger partial charge in [0, 0.05) is 24.5 Å². The fourth-order valence-electron chi connectivity index (χ4n) is 1.29. The first-order chi connectivity index (χ1) is 8.15. The molecule has 5 nitrogen and oxygen atoms in total. The molecule has 0 aliphatic rings. The summed E-state index contributed by atoms with van der Waals surface area (Å²) in [4.78, 5) is 25.9. The number of carbonyl (C=O) groups excluding carboxylic acids is 1. The minimum atomic E-state index is -0.371. The van der Waals surface area contributed by atoms with E-state index in [2.05, 4.69) is 16.9 Å². The van der Waals surface area contributed by atoms with Gasteiger partial charge in [-0.05, 0) is 13.3 Å². The zero-order chi connectivity index (χ0) is 12.7. The van der Waals surface area contributed by atoms with E-state index < -0.39 is 0 Å². The van der Waals surface area contributed by atoms with Crippen LogP contribution in [-0.4, -0.2) is 24.0 Å². The van der Waals surface area contributed by atoms with Crippen LogP contribution in [0.2, 0.25) is 0 Å². The SMILES string of the molecule is C=COCCCNC(=O)c1c[nH]c(C)cc1=O. The van der Waals surface area contributed by atoms with Crippen LogP contribution in [0.25, 0.3) is 0 Å². The molecule has 92 valence electrons. The second-order valence-corrected chi connectivity index (χ2v) is 3.54. The molecule has 1 aromatic rings. The minimum absolute atomic E-state index is 0.125. The molecule has 5 heteroatoms. The third kappa shape index (κ3) is 4.14. The van der Waals surface area contributed by atoms with E-state index in [-0.39, 0.29) is 16.9 Å². The Morgan fingerprint density at radius 3 is 3.06 bits per heavy atom. The number of rotatable bonds is 6. The van der Waals surface area contributed by atoms with Gasteiger partial charge in [-0.1, -0.05) is 6.58 Å². The van der Waals surface area contributed by atoms with Crippen LogP contribution in [0.3, 0.4) is 0 Å². The predicted molar refractivity (Wildman–Crippen MR) is 64.9 cm³/mol. The van der Waals surface area contributed by atoms with Crippen LogP contribution in [0.15, 0.2) is 29.9 Å². The van der Waals surface area contributed by atoms with Crippen molar-refractivity contribution >= 4 is 5.91 Å². The fourth-order valence-corrected chi connectivity index (χ4v) is 1.29. The number of carbonyl (C=O) groups is 1. The summed E-state index contributed by atoms with van der Waals surface area (Å²) in [5, 5.41) is 2.64. The minimum Gasteiger partial charge on any atom is -0.502 e. The molecule has 0 atom stereocenters. The normalized spacial score (nSPS) is 9.71. The molecule has 1 heterocycles. The van der Waals surface area contributed by atoms with E-state index in [1.807, 2.05) is 0 Å². The van der Waals surface area contributed by atoms with Gasteiger partial charge < -0.3 is 15.0 Å². The lowest BCUT2D eigenvalue weighted by molar-refractivity contribution is 0.0949. The third-order valence-electron chi connectivity index (χ3n) is 2.14. The van der Waals surface area contributed by atoms with Gasteiger partial charge in [-0.25, -0.2) is 0 Å². The second-order valence-electron chi connectivity index (χ2n) is 3.54. The zero-order valence-corrected chi connectivity index (χ0v) is 9.79. The average Bonchev–Trinajstić information content (AvgIpc) is 2.28. The Labute approximate surface area is 99.5 Å². The Kier molecular flexibility index (Phi) is 5.00. The van der Waals surface area contributed by atoms with Gasteiger partial charge >= 0.3 is 0 Å². The summed E-state index contributed by atoms with van der Waals surface area (Å²) in [5.74, 6) is -0.371. The molecule has 1 amide bonds. The van der Waals surface area contributed by atoms with Gasteiger partial charge in [-0.15, -0.1) is 0 Å². The van der Waals surface area contributed by atoms with E-state index in [0.29, 0.717) is 19.6 Å². The van der Waals surface area contributed by atoms with E-state index in [1.54, 1.807) is 6.92 Å². The maximum absolute atomic E-state index is 11.6. The molecule has 0 aromatic carbocycles. The van der Waals surface area contributed by atoms with Crippen LogP contribution in [0.5, 0.6) is 0 Å². The average molecular weight is 236 g/mol. The van der Waals surface area contributed by atoms with Crippen LogP contribution >= 0.6 is 0 Å². The molecule has 0 saturated carbocycles. The molecule has 0 radical (unpaired) electrons. The first-order valence-corrected chi connectivity index (χ1v) is 5.35. The van der Waals surface area contributed by atoms with Gasteiger partial charge in [0.05, 0.1) is 12.9 Å². The van der Waals surface area contributed by atoms with Crippen LogP contribution in [-0.2, 0) is 4.74 Å². The second kappa shape index (κ2) is 6.52. The highest BCUT2D eigenvalue weighted by molar-refractivity contribution is 5.93. The first kappa shape index (κ1) is 13.0. The number of aromatic nitrogens is 1. The Balaban J connectivity index is 2.47. The highest BCUT2D eigenvalue weighted by atomic mass is 16.5. The Morgan fingerprint density at radius 1 is 1.65 bits per heavy atom. The highest BCUT2D eigenvalue weighted by Gasteiger charge is 2.08. The molecule has 0 saturated heterocycles. The van der Waals surface area contributed by atoms with Crippen molar-refractivity contribution in [2.75, 3.05) is 13.2 Å². The lowest BCUT2D eigenvalue weighted by Crippen LogP contribution is -2.29. The first-order valence-electron chi connectivity index (χ1n) is 5.35. The molecule has 0 aliphatic heterocycles. The summed E-state index contributed by atoms with van der Waals surface area (Å²) in [6.07, 6.45) is 3.45. The van der Waals surface area contributed by atoms with Crippen molar-refractivity contribution in [3.8, 4) is 0 Å². The van der Waals surface area contributed by atoms with E-state index in [4.69, 9.17) is 4.74 Å². The number of ether oxygens (including phenoxy) is 1. The monoisotopic (exact) mass is 236 g/mol. The van der Waals surface area contributed by atoms with Gasteiger partial charge in [0.25, 0.3) is 5.91 Å². The summed E-state index contributed by atoms with van der Waals surface area (Å²) < 4.78 is 4.91. The van der Waals surface area contributed by atoms with E-state index >= 15 is 0 Å². The largest absolute Gasteiger partial charge is 0.502 e. The van der Waals surface area contributed by atoms with Gasteiger partial charge in [0.15, 0.2) is 5.43 Å². The van der Waals surface area contributed by atoms with Crippen LogP contribution in [0.4, 0.5) is 0 Å².